The first-order valence-corrected chi connectivity index (χ1v) is 15.1. The quantitative estimate of drug-likeness (QED) is 0.370. The largest absolute Gasteiger partial charge is 0.354 e. The molecule has 39 heavy (non-hydrogen) atoms. The molecule has 0 bridgehead atoms. The third kappa shape index (κ3) is 3.67. The van der Waals surface area contributed by atoms with Crippen molar-refractivity contribution in [2.75, 3.05) is 0 Å². The Morgan fingerprint density at radius 2 is 1.54 bits per heavy atom. The summed E-state index contributed by atoms with van der Waals surface area (Å²) in [5.74, 6) is 8.96. The van der Waals surface area contributed by atoms with Gasteiger partial charge in [0, 0.05) is 34.4 Å². The third-order valence-electron chi connectivity index (χ3n) is 11.2. The molecule has 0 amide bonds. The van der Waals surface area contributed by atoms with Crippen LogP contribution in [0.15, 0.2) is 66.8 Å². The fourth-order valence-corrected chi connectivity index (χ4v) is 8.01. The van der Waals surface area contributed by atoms with Gasteiger partial charge in [-0.25, -0.2) is 0 Å². The van der Waals surface area contributed by atoms with Crippen LogP contribution in [0.2, 0.25) is 0 Å². The average molecular weight is 514 g/mol. The van der Waals surface area contributed by atoms with Crippen molar-refractivity contribution in [3.8, 4) is 11.8 Å². The summed E-state index contributed by atoms with van der Waals surface area (Å²) in [6.07, 6.45) is 27.0. The van der Waals surface area contributed by atoms with E-state index in [0.29, 0.717) is 17.8 Å². The highest BCUT2D eigenvalue weighted by Crippen LogP contribution is 2.65. The Balaban J connectivity index is 1.48. The molecule has 2 aromatic rings. The summed E-state index contributed by atoms with van der Waals surface area (Å²) in [7, 11) is 0. The zero-order valence-corrected chi connectivity index (χ0v) is 24.5. The number of hydrogen-bond donors (Lipinski definition) is 1. The molecule has 200 valence electrons. The van der Waals surface area contributed by atoms with Gasteiger partial charge in [-0.2, -0.15) is 0 Å². The molecule has 1 aromatic carbocycles. The van der Waals surface area contributed by atoms with Crippen molar-refractivity contribution in [1.29, 1.82) is 0 Å². The molecule has 0 spiro atoms. The second-order valence-electron chi connectivity index (χ2n) is 13.0. The van der Waals surface area contributed by atoms with Gasteiger partial charge in [0.05, 0.1) is 11.3 Å². The minimum atomic E-state index is -0.112. The van der Waals surface area contributed by atoms with Gasteiger partial charge in [-0.1, -0.05) is 133 Å². The number of aromatic amines is 1. The minimum absolute atomic E-state index is 0.0529. The van der Waals surface area contributed by atoms with Crippen molar-refractivity contribution in [2.45, 2.75) is 72.1 Å². The zero-order chi connectivity index (χ0) is 27.4. The van der Waals surface area contributed by atoms with Crippen molar-refractivity contribution in [3.05, 3.63) is 100 Å². The second-order valence-corrected chi connectivity index (χ2v) is 13.0. The lowest BCUT2D eigenvalue weighted by molar-refractivity contribution is 0.0878. The van der Waals surface area contributed by atoms with Crippen LogP contribution >= 0.6 is 0 Å². The minimum Gasteiger partial charge on any atom is -0.354 e. The Morgan fingerprint density at radius 3 is 2.31 bits per heavy atom. The number of benzene rings is 1. The predicted octanol–water partition coefficient (Wildman–Crippen LogP) is 9.71. The standard InChI is InChI=1S/C38H43N/c1-7-36(4,5)38(32-16-12-10-14-28(32)29-15-11-13-17-33(29)38)27-19-23-31-30-22-18-26(37(6,8-2)9-3)20-24-34(30)39-35(31)25-21-27/h10-18,20-22,24-28,32,39H,7-9H2,1-6H3. The van der Waals surface area contributed by atoms with Crippen LogP contribution in [0.3, 0.4) is 0 Å². The van der Waals surface area contributed by atoms with Gasteiger partial charge in [0.1, 0.15) is 0 Å². The van der Waals surface area contributed by atoms with Gasteiger partial charge in [-0.3, -0.25) is 0 Å². The number of aromatic nitrogens is 1. The second kappa shape index (κ2) is 9.45. The maximum Gasteiger partial charge on any atom is 0.0573 e. The van der Waals surface area contributed by atoms with E-state index >= 15 is 0 Å². The molecular weight excluding hydrogens is 470 g/mol. The summed E-state index contributed by atoms with van der Waals surface area (Å²) in [5, 5.41) is 0. The summed E-state index contributed by atoms with van der Waals surface area (Å²) in [6, 6.07) is 9.19. The van der Waals surface area contributed by atoms with Crippen LogP contribution in [0.5, 0.6) is 0 Å². The average Bonchev–Trinajstić information content (AvgIpc) is 3.24. The summed E-state index contributed by atoms with van der Waals surface area (Å²) in [4.78, 5) is 3.74. The number of hydrogen-bond acceptors (Lipinski definition) is 0. The normalized spacial score (nSPS) is 28.2. The number of allylic oxidation sites excluding steroid dienone is 7. The molecule has 1 N–H and O–H groups in total. The van der Waals surface area contributed by atoms with Crippen LogP contribution in [-0.2, 0) is 5.41 Å². The molecule has 0 saturated heterocycles. The van der Waals surface area contributed by atoms with E-state index in [1.165, 1.54) is 35.2 Å². The Kier molecular flexibility index (Phi) is 6.30. The Morgan fingerprint density at radius 1 is 0.821 bits per heavy atom. The van der Waals surface area contributed by atoms with Crippen molar-refractivity contribution in [3.63, 3.8) is 0 Å². The van der Waals surface area contributed by atoms with Crippen LogP contribution in [0.25, 0.3) is 18.2 Å². The maximum absolute atomic E-state index is 3.88. The molecule has 0 radical (unpaired) electrons. The molecular formula is C38H43N. The van der Waals surface area contributed by atoms with E-state index < -0.39 is 0 Å². The molecule has 5 atom stereocenters. The smallest absolute Gasteiger partial charge is 0.0573 e. The first-order valence-electron chi connectivity index (χ1n) is 15.1. The molecule has 5 unspecified atom stereocenters. The monoisotopic (exact) mass is 513 g/mol. The van der Waals surface area contributed by atoms with Gasteiger partial charge >= 0.3 is 0 Å². The maximum atomic E-state index is 3.88. The van der Waals surface area contributed by atoms with Crippen LogP contribution in [0.4, 0.5) is 0 Å². The number of fused-ring (bicyclic) bond motifs is 6. The van der Waals surface area contributed by atoms with E-state index in [9.17, 15) is 0 Å². The molecule has 0 aliphatic heterocycles. The van der Waals surface area contributed by atoms with Gasteiger partial charge in [0.2, 0.25) is 0 Å². The molecule has 4 aliphatic rings. The highest BCUT2D eigenvalue weighted by Gasteiger charge is 2.60. The Hall–Kier alpha value is -3.24. The van der Waals surface area contributed by atoms with Crippen molar-refractivity contribution in [1.82, 2.24) is 4.98 Å². The number of nitrogens with one attached hydrogen (secondary N) is 1. The van der Waals surface area contributed by atoms with Gasteiger partial charge in [0.15, 0.2) is 0 Å². The molecule has 1 nitrogen and oxygen atoms in total. The molecule has 1 aromatic heterocycles. The Bertz CT molecular complexity index is 1480. The lowest BCUT2D eigenvalue weighted by Gasteiger charge is -2.52. The summed E-state index contributed by atoms with van der Waals surface area (Å²) in [6.45, 7) is 14.3. The van der Waals surface area contributed by atoms with E-state index in [4.69, 9.17) is 0 Å². The van der Waals surface area contributed by atoms with E-state index in [1.807, 2.05) is 0 Å². The van der Waals surface area contributed by atoms with Gasteiger partial charge in [-0.15, -0.1) is 0 Å². The van der Waals surface area contributed by atoms with E-state index in [2.05, 4.69) is 143 Å². The molecule has 1 heterocycles. The van der Waals surface area contributed by atoms with Crippen molar-refractivity contribution < 1.29 is 0 Å². The summed E-state index contributed by atoms with van der Waals surface area (Å²) >= 11 is 0. The summed E-state index contributed by atoms with van der Waals surface area (Å²) < 4.78 is 0. The topological polar surface area (TPSA) is 15.8 Å². The lowest BCUT2D eigenvalue weighted by Crippen LogP contribution is -2.50. The number of rotatable bonds is 6. The van der Waals surface area contributed by atoms with Crippen LogP contribution in [0, 0.1) is 40.4 Å². The molecule has 0 fully saturated rings. The lowest BCUT2D eigenvalue weighted by atomic mass is 9.50. The van der Waals surface area contributed by atoms with E-state index in [0.717, 1.165) is 17.7 Å². The fourth-order valence-electron chi connectivity index (χ4n) is 8.01. The summed E-state index contributed by atoms with van der Waals surface area (Å²) in [5.41, 5.74) is 7.89. The number of H-pyrrole nitrogens is 1. The van der Waals surface area contributed by atoms with Crippen LogP contribution in [0.1, 0.15) is 100 Å². The van der Waals surface area contributed by atoms with Crippen LogP contribution < -0.4 is 0 Å². The van der Waals surface area contributed by atoms with E-state index in [1.54, 1.807) is 0 Å². The third-order valence-corrected chi connectivity index (χ3v) is 11.2. The zero-order valence-electron chi connectivity index (χ0n) is 24.5. The highest BCUT2D eigenvalue weighted by atomic mass is 14.7. The Labute approximate surface area is 235 Å². The predicted molar refractivity (Wildman–Crippen MR) is 167 cm³/mol. The van der Waals surface area contributed by atoms with Crippen molar-refractivity contribution >= 4 is 18.2 Å². The molecule has 1 heteroatoms. The van der Waals surface area contributed by atoms with Gasteiger partial charge in [-0.05, 0) is 52.9 Å². The fraction of sp³-hybridized carbons (Fsp3) is 0.421. The van der Waals surface area contributed by atoms with Crippen LogP contribution in [-0.4, -0.2) is 4.98 Å². The SMILES string of the molecule is CCC(C)(CC)C1C=Cc2[nH]c3c(c2C=C1)C#CC(C1(C(C)(C)CC)c2ccccc2C2C=CC=CC21)C=C3. The molecule has 4 aliphatic carbocycles. The molecule has 0 saturated carbocycles. The highest BCUT2D eigenvalue weighted by molar-refractivity contribution is 5.77. The molecule has 6 rings (SSSR count). The first kappa shape index (κ1) is 26.0. The van der Waals surface area contributed by atoms with Gasteiger partial charge < -0.3 is 4.98 Å². The van der Waals surface area contributed by atoms with E-state index in [-0.39, 0.29) is 22.2 Å². The first-order chi connectivity index (χ1) is 18.8. The van der Waals surface area contributed by atoms with Crippen molar-refractivity contribution in [2.24, 2.45) is 28.6 Å². The van der Waals surface area contributed by atoms with Gasteiger partial charge in [0.25, 0.3) is 0 Å².